The SMILES string of the molecule is CCC[C@@H](C=O)N1C(=O)CN(C)N(C(=O)NCc2ccc(OC)cc2)C1CN(C)Cc1ccc(F)cc1F. The minimum atomic E-state index is -0.840. The Kier molecular flexibility index (Phi) is 10.1. The van der Waals surface area contributed by atoms with Crippen molar-refractivity contribution in [3.05, 3.63) is 65.2 Å². The van der Waals surface area contributed by atoms with Gasteiger partial charge in [0.15, 0.2) is 0 Å². The lowest BCUT2D eigenvalue weighted by atomic mass is 10.1. The number of carbonyl (C=O) groups is 3. The van der Waals surface area contributed by atoms with E-state index in [-0.39, 0.29) is 37.6 Å². The third-order valence-corrected chi connectivity index (χ3v) is 6.46. The van der Waals surface area contributed by atoms with E-state index in [0.717, 1.165) is 17.9 Å². The van der Waals surface area contributed by atoms with Crippen LogP contribution in [-0.2, 0) is 22.7 Å². The summed E-state index contributed by atoms with van der Waals surface area (Å²) in [4.78, 5) is 41.8. The second-order valence-electron chi connectivity index (χ2n) is 9.37. The average Bonchev–Trinajstić information content (AvgIpc) is 2.88. The van der Waals surface area contributed by atoms with E-state index in [0.29, 0.717) is 18.6 Å². The molecule has 0 bridgehead atoms. The number of aldehydes is 1. The summed E-state index contributed by atoms with van der Waals surface area (Å²) >= 11 is 0. The number of nitrogens with zero attached hydrogens (tertiary/aromatic N) is 4. The zero-order valence-corrected chi connectivity index (χ0v) is 22.2. The fourth-order valence-corrected chi connectivity index (χ4v) is 4.58. The molecular formula is C27H35F2N5O4. The fourth-order valence-electron chi connectivity index (χ4n) is 4.58. The summed E-state index contributed by atoms with van der Waals surface area (Å²) in [6, 6.07) is 9.44. The maximum Gasteiger partial charge on any atom is 0.334 e. The van der Waals surface area contributed by atoms with Crippen LogP contribution >= 0.6 is 0 Å². The summed E-state index contributed by atoms with van der Waals surface area (Å²) in [6.45, 7) is 2.29. The standard InChI is InChI=1S/C27H35F2N5O4/c1-5-6-22(18-35)33-25(16-31(2)15-20-9-10-21(28)13-24(20)29)34(32(3)17-26(33)36)27(37)30-14-19-7-11-23(38-4)12-8-19/h7-13,18,22,25H,5-6,14-17H2,1-4H3,(H,30,37)/t22-,25?/m0/s1. The Morgan fingerprint density at radius 2 is 1.95 bits per heavy atom. The van der Waals surface area contributed by atoms with Crippen molar-refractivity contribution in [1.29, 1.82) is 0 Å². The molecule has 0 saturated carbocycles. The molecule has 0 aromatic heterocycles. The molecule has 1 fully saturated rings. The third kappa shape index (κ3) is 7.05. The molecule has 206 valence electrons. The zero-order chi connectivity index (χ0) is 27.8. The number of nitrogens with one attached hydrogen (secondary N) is 1. The van der Waals surface area contributed by atoms with Gasteiger partial charge in [0.2, 0.25) is 5.91 Å². The first-order chi connectivity index (χ1) is 18.2. The van der Waals surface area contributed by atoms with Gasteiger partial charge in [-0.2, -0.15) is 0 Å². The molecule has 0 aliphatic carbocycles. The van der Waals surface area contributed by atoms with Crippen molar-refractivity contribution in [1.82, 2.24) is 25.1 Å². The smallest absolute Gasteiger partial charge is 0.334 e. The number of hydrogen-bond donors (Lipinski definition) is 1. The van der Waals surface area contributed by atoms with Crippen LogP contribution in [0.25, 0.3) is 0 Å². The van der Waals surface area contributed by atoms with Crippen molar-refractivity contribution >= 4 is 18.2 Å². The van der Waals surface area contributed by atoms with E-state index in [1.165, 1.54) is 27.1 Å². The summed E-state index contributed by atoms with van der Waals surface area (Å²) in [6.07, 6.45) is 0.989. The lowest BCUT2D eigenvalue weighted by molar-refractivity contribution is -0.171. The first kappa shape index (κ1) is 29.0. The molecule has 2 atom stereocenters. The van der Waals surface area contributed by atoms with Crippen LogP contribution in [-0.4, -0.2) is 84.5 Å². The number of methoxy groups -OCH3 is 1. The molecular weight excluding hydrogens is 496 g/mol. The summed E-state index contributed by atoms with van der Waals surface area (Å²) in [5.41, 5.74) is 1.12. The van der Waals surface area contributed by atoms with Crippen LogP contribution in [0, 0.1) is 11.6 Å². The van der Waals surface area contributed by atoms with Gasteiger partial charge in [0.1, 0.15) is 29.8 Å². The van der Waals surface area contributed by atoms with Crippen molar-refractivity contribution < 1.29 is 27.9 Å². The quantitative estimate of drug-likeness (QED) is 0.449. The van der Waals surface area contributed by atoms with Crippen LogP contribution in [0.4, 0.5) is 13.6 Å². The summed E-state index contributed by atoms with van der Waals surface area (Å²) in [5, 5.41) is 5.83. The molecule has 3 amide bonds. The number of urea groups is 1. The Hall–Kier alpha value is -3.57. The number of amides is 3. The van der Waals surface area contributed by atoms with Crippen molar-refractivity contribution in [2.24, 2.45) is 0 Å². The molecule has 1 saturated heterocycles. The Labute approximate surface area is 221 Å². The highest BCUT2D eigenvalue weighted by Gasteiger charge is 2.43. The van der Waals surface area contributed by atoms with Crippen molar-refractivity contribution in [3.63, 3.8) is 0 Å². The molecule has 0 radical (unpaired) electrons. The molecule has 38 heavy (non-hydrogen) atoms. The van der Waals surface area contributed by atoms with Gasteiger partial charge in [-0.25, -0.2) is 23.6 Å². The number of rotatable bonds is 11. The van der Waals surface area contributed by atoms with E-state index in [1.807, 2.05) is 19.1 Å². The number of carbonyl (C=O) groups excluding carboxylic acids is 3. The topological polar surface area (TPSA) is 85.4 Å². The molecule has 1 unspecified atom stereocenters. The first-order valence-electron chi connectivity index (χ1n) is 12.5. The molecule has 1 aliphatic heterocycles. The lowest BCUT2D eigenvalue weighted by Crippen LogP contribution is -2.71. The van der Waals surface area contributed by atoms with E-state index in [9.17, 15) is 23.2 Å². The Balaban J connectivity index is 1.85. The largest absolute Gasteiger partial charge is 0.497 e. The maximum absolute atomic E-state index is 14.3. The number of hydrazine groups is 1. The predicted molar refractivity (Wildman–Crippen MR) is 138 cm³/mol. The molecule has 9 nitrogen and oxygen atoms in total. The number of halogens is 2. The normalized spacial score (nSPS) is 17.0. The van der Waals surface area contributed by atoms with Gasteiger partial charge in [-0.1, -0.05) is 31.5 Å². The Morgan fingerprint density at radius 3 is 2.55 bits per heavy atom. The van der Waals surface area contributed by atoms with Gasteiger partial charge in [-0.3, -0.25) is 9.69 Å². The number of hydrogen-bond acceptors (Lipinski definition) is 6. The summed E-state index contributed by atoms with van der Waals surface area (Å²) in [5.74, 6) is -0.950. The molecule has 1 heterocycles. The van der Waals surface area contributed by atoms with Crippen molar-refractivity contribution in [3.8, 4) is 5.75 Å². The number of likely N-dealkylation sites (N-methyl/N-ethyl adjacent to an activating group) is 2. The Morgan fingerprint density at radius 1 is 1.24 bits per heavy atom. The molecule has 1 aliphatic rings. The molecule has 1 N–H and O–H groups in total. The zero-order valence-electron chi connectivity index (χ0n) is 22.2. The van der Waals surface area contributed by atoms with Crippen LogP contribution in [0.2, 0.25) is 0 Å². The number of ether oxygens (including phenoxy) is 1. The minimum absolute atomic E-state index is 0.0865. The Bertz CT molecular complexity index is 1120. The van der Waals surface area contributed by atoms with Gasteiger partial charge in [0.05, 0.1) is 19.7 Å². The molecule has 2 aromatic rings. The van der Waals surface area contributed by atoms with Crippen LogP contribution in [0.5, 0.6) is 5.75 Å². The van der Waals surface area contributed by atoms with E-state index in [2.05, 4.69) is 5.32 Å². The second kappa shape index (κ2) is 13.3. The maximum atomic E-state index is 14.3. The number of benzene rings is 2. The predicted octanol–water partition coefficient (Wildman–Crippen LogP) is 3.00. The van der Waals surface area contributed by atoms with E-state index < -0.39 is 29.9 Å². The highest BCUT2D eigenvalue weighted by molar-refractivity contribution is 5.84. The van der Waals surface area contributed by atoms with Crippen molar-refractivity contribution in [2.75, 3.05) is 34.3 Å². The summed E-state index contributed by atoms with van der Waals surface area (Å²) < 4.78 is 32.9. The monoisotopic (exact) mass is 531 g/mol. The minimum Gasteiger partial charge on any atom is -0.497 e. The molecule has 3 rings (SSSR count). The molecule has 0 spiro atoms. The van der Waals surface area contributed by atoms with E-state index in [1.54, 1.807) is 38.2 Å². The van der Waals surface area contributed by atoms with Gasteiger partial charge < -0.3 is 19.7 Å². The van der Waals surface area contributed by atoms with Crippen LogP contribution in [0.15, 0.2) is 42.5 Å². The highest BCUT2D eigenvalue weighted by atomic mass is 19.1. The molecule has 2 aromatic carbocycles. The third-order valence-electron chi connectivity index (χ3n) is 6.46. The van der Waals surface area contributed by atoms with Gasteiger partial charge >= 0.3 is 6.03 Å². The average molecular weight is 532 g/mol. The van der Waals surface area contributed by atoms with E-state index >= 15 is 0 Å². The second-order valence-corrected chi connectivity index (χ2v) is 9.37. The fraction of sp³-hybridized carbons (Fsp3) is 0.444. The molecule has 11 heteroatoms. The highest BCUT2D eigenvalue weighted by Crippen LogP contribution is 2.23. The van der Waals surface area contributed by atoms with Crippen LogP contribution in [0.1, 0.15) is 30.9 Å². The van der Waals surface area contributed by atoms with Gasteiger partial charge in [-0.05, 0) is 37.2 Å². The van der Waals surface area contributed by atoms with Crippen LogP contribution in [0.3, 0.4) is 0 Å². The van der Waals surface area contributed by atoms with E-state index in [4.69, 9.17) is 4.74 Å². The van der Waals surface area contributed by atoms with Gasteiger partial charge in [-0.15, -0.1) is 0 Å². The van der Waals surface area contributed by atoms with Gasteiger partial charge in [0, 0.05) is 38.3 Å². The van der Waals surface area contributed by atoms with Gasteiger partial charge in [0.25, 0.3) is 0 Å². The first-order valence-corrected chi connectivity index (χ1v) is 12.5. The van der Waals surface area contributed by atoms with Crippen LogP contribution < -0.4 is 10.1 Å². The van der Waals surface area contributed by atoms with Crippen molar-refractivity contribution in [2.45, 2.75) is 45.1 Å². The summed E-state index contributed by atoms with van der Waals surface area (Å²) in [7, 11) is 4.91. The lowest BCUT2D eigenvalue weighted by Gasteiger charge is -2.50.